The van der Waals surface area contributed by atoms with Crippen molar-refractivity contribution in [3.05, 3.63) is 0 Å². The van der Waals surface area contributed by atoms with Crippen LogP contribution in [0.25, 0.3) is 0 Å². The minimum atomic E-state index is -1.17. The molecule has 15 heavy (non-hydrogen) atoms. The highest BCUT2D eigenvalue weighted by atomic mass is 16.6. The number of hydrogen-bond acceptors (Lipinski definition) is 4. The Labute approximate surface area is 88.9 Å². The molecule has 0 saturated carbocycles. The summed E-state index contributed by atoms with van der Waals surface area (Å²) in [5.41, 5.74) is -1.21. The molecule has 0 spiro atoms. The fourth-order valence-electron chi connectivity index (χ4n) is 0.978. The predicted molar refractivity (Wildman–Crippen MR) is 55.0 cm³/mol. The van der Waals surface area contributed by atoms with E-state index in [1.807, 2.05) is 0 Å². The molecule has 0 heterocycles. The smallest absolute Gasteiger partial charge is 0.353 e. The standard InChI is InChI=1S/C10H17NO4/c1-5-6(8(12)13)7(11)9(14)15-10(2,3)4/h6,11H,5H2,1-4H3,(H,12,13). The summed E-state index contributed by atoms with van der Waals surface area (Å²) in [7, 11) is 0. The number of carbonyl (C=O) groups is 2. The number of carboxylic acids is 1. The van der Waals surface area contributed by atoms with Crippen molar-refractivity contribution in [2.45, 2.75) is 39.7 Å². The monoisotopic (exact) mass is 215 g/mol. The molecule has 0 radical (unpaired) electrons. The fraction of sp³-hybridized carbons (Fsp3) is 0.700. The quantitative estimate of drug-likeness (QED) is 0.549. The van der Waals surface area contributed by atoms with E-state index in [1.54, 1.807) is 27.7 Å². The van der Waals surface area contributed by atoms with Gasteiger partial charge in [-0.2, -0.15) is 0 Å². The lowest BCUT2D eigenvalue weighted by Crippen LogP contribution is -2.35. The van der Waals surface area contributed by atoms with Crippen LogP contribution in [0.2, 0.25) is 0 Å². The number of hydrogen-bond donors (Lipinski definition) is 2. The normalized spacial score (nSPS) is 13.1. The summed E-state index contributed by atoms with van der Waals surface area (Å²) in [6.45, 7) is 6.61. The molecule has 0 fully saturated rings. The van der Waals surface area contributed by atoms with Gasteiger partial charge in [0.2, 0.25) is 0 Å². The van der Waals surface area contributed by atoms with Crippen molar-refractivity contribution in [2.75, 3.05) is 0 Å². The van der Waals surface area contributed by atoms with Gasteiger partial charge in [-0.05, 0) is 27.2 Å². The van der Waals surface area contributed by atoms with Gasteiger partial charge in [-0.15, -0.1) is 0 Å². The van der Waals surface area contributed by atoms with Crippen LogP contribution >= 0.6 is 0 Å². The Balaban J connectivity index is 4.57. The first kappa shape index (κ1) is 13.6. The Bertz CT molecular complexity index is 278. The van der Waals surface area contributed by atoms with Gasteiger partial charge in [-0.25, -0.2) is 4.79 Å². The molecular weight excluding hydrogens is 198 g/mol. The molecule has 2 N–H and O–H groups in total. The number of esters is 1. The summed E-state index contributed by atoms with van der Waals surface area (Å²) in [5, 5.41) is 16.1. The van der Waals surface area contributed by atoms with Gasteiger partial charge >= 0.3 is 11.9 Å². The lowest BCUT2D eigenvalue weighted by atomic mass is 10.0. The van der Waals surface area contributed by atoms with Gasteiger partial charge in [-0.1, -0.05) is 6.92 Å². The summed E-state index contributed by atoms with van der Waals surface area (Å²) in [5.74, 6) is -3.12. The largest absolute Gasteiger partial charge is 0.481 e. The summed E-state index contributed by atoms with van der Waals surface area (Å²) in [6, 6.07) is 0. The maximum atomic E-state index is 11.4. The predicted octanol–water partition coefficient (Wildman–Crippen LogP) is 1.46. The van der Waals surface area contributed by atoms with E-state index in [0.29, 0.717) is 0 Å². The third-order valence-electron chi connectivity index (χ3n) is 1.67. The van der Waals surface area contributed by atoms with Crippen molar-refractivity contribution < 1.29 is 19.4 Å². The second kappa shape index (κ2) is 4.91. The molecule has 0 rings (SSSR count). The van der Waals surface area contributed by atoms with Gasteiger partial charge < -0.3 is 9.84 Å². The molecule has 0 amide bonds. The molecule has 0 aromatic carbocycles. The number of rotatable bonds is 4. The topological polar surface area (TPSA) is 87.5 Å². The third kappa shape index (κ3) is 4.58. The van der Waals surface area contributed by atoms with Crippen LogP contribution in [0.4, 0.5) is 0 Å². The maximum absolute atomic E-state index is 11.4. The first-order valence-corrected chi connectivity index (χ1v) is 4.73. The van der Waals surface area contributed by atoms with E-state index in [9.17, 15) is 9.59 Å². The first-order valence-electron chi connectivity index (χ1n) is 4.73. The molecule has 5 nitrogen and oxygen atoms in total. The molecule has 0 aliphatic carbocycles. The molecule has 1 unspecified atom stereocenters. The van der Waals surface area contributed by atoms with Crippen LogP contribution in [0.5, 0.6) is 0 Å². The zero-order chi connectivity index (χ0) is 12.2. The zero-order valence-electron chi connectivity index (χ0n) is 9.46. The highest BCUT2D eigenvalue weighted by Gasteiger charge is 2.29. The fourth-order valence-corrected chi connectivity index (χ4v) is 0.978. The minimum Gasteiger partial charge on any atom is -0.481 e. The van der Waals surface area contributed by atoms with Crippen LogP contribution in [0.1, 0.15) is 34.1 Å². The maximum Gasteiger partial charge on any atom is 0.353 e. The van der Waals surface area contributed by atoms with Gasteiger partial charge in [0.25, 0.3) is 0 Å². The van der Waals surface area contributed by atoms with Gasteiger partial charge in [-0.3, -0.25) is 10.2 Å². The molecule has 0 bridgehead atoms. The summed E-state index contributed by atoms with van der Waals surface area (Å²) in [6.07, 6.45) is 0.202. The number of aliphatic carboxylic acids is 1. The second-order valence-electron chi connectivity index (χ2n) is 4.21. The molecule has 0 saturated heterocycles. The lowest BCUT2D eigenvalue weighted by molar-refractivity contribution is -0.148. The average Bonchev–Trinajstić information content (AvgIpc) is 2.01. The van der Waals surface area contributed by atoms with Crippen molar-refractivity contribution in [3.63, 3.8) is 0 Å². The Morgan fingerprint density at radius 3 is 2.13 bits per heavy atom. The van der Waals surface area contributed by atoms with Crippen LogP contribution < -0.4 is 0 Å². The van der Waals surface area contributed by atoms with Crippen molar-refractivity contribution in [3.8, 4) is 0 Å². The van der Waals surface area contributed by atoms with E-state index in [1.165, 1.54) is 0 Å². The van der Waals surface area contributed by atoms with E-state index < -0.39 is 29.2 Å². The van der Waals surface area contributed by atoms with Gasteiger partial charge in [0.1, 0.15) is 17.2 Å². The molecule has 86 valence electrons. The lowest BCUT2D eigenvalue weighted by Gasteiger charge is -2.21. The number of carboxylic acid groups (broad SMARTS) is 1. The number of ether oxygens (including phenoxy) is 1. The van der Waals surface area contributed by atoms with Crippen molar-refractivity contribution in [1.29, 1.82) is 5.41 Å². The van der Waals surface area contributed by atoms with E-state index in [0.717, 1.165) is 0 Å². The number of nitrogens with one attached hydrogen (secondary N) is 1. The molecular formula is C10H17NO4. The molecule has 0 aliphatic rings. The van der Waals surface area contributed by atoms with E-state index in [2.05, 4.69) is 0 Å². The van der Waals surface area contributed by atoms with Gasteiger partial charge in [0.05, 0.1) is 0 Å². The molecule has 1 atom stereocenters. The third-order valence-corrected chi connectivity index (χ3v) is 1.67. The Morgan fingerprint density at radius 2 is 1.87 bits per heavy atom. The Morgan fingerprint density at radius 1 is 1.40 bits per heavy atom. The molecule has 0 aliphatic heterocycles. The summed E-state index contributed by atoms with van der Waals surface area (Å²) >= 11 is 0. The highest BCUT2D eigenvalue weighted by Crippen LogP contribution is 2.12. The van der Waals surface area contributed by atoms with Gasteiger partial charge in [0.15, 0.2) is 0 Å². The van der Waals surface area contributed by atoms with Crippen molar-refractivity contribution >= 4 is 17.7 Å². The number of carbonyl (C=O) groups excluding carboxylic acids is 1. The van der Waals surface area contributed by atoms with Crippen molar-refractivity contribution in [1.82, 2.24) is 0 Å². The zero-order valence-corrected chi connectivity index (χ0v) is 9.46. The molecule has 0 aromatic rings. The second-order valence-corrected chi connectivity index (χ2v) is 4.21. The van der Waals surface area contributed by atoms with Crippen LogP contribution in [0, 0.1) is 11.3 Å². The van der Waals surface area contributed by atoms with Crippen LogP contribution in [0.15, 0.2) is 0 Å². The summed E-state index contributed by atoms with van der Waals surface area (Å²) in [4.78, 5) is 22.0. The highest BCUT2D eigenvalue weighted by molar-refractivity contribution is 6.39. The minimum absolute atomic E-state index is 0.202. The van der Waals surface area contributed by atoms with Crippen LogP contribution in [-0.4, -0.2) is 28.4 Å². The van der Waals surface area contributed by atoms with E-state index in [4.69, 9.17) is 15.3 Å². The van der Waals surface area contributed by atoms with E-state index >= 15 is 0 Å². The Kier molecular flexibility index (Phi) is 4.45. The molecule has 0 aromatic heterocycles. The first-order chi connectivity index (χ1) is 6.69. The van der Waals surface area contributed by atoms with Crippen molar-refractivity contribution in [2.24, 2.45) is 5.92 Å². The summed E-state index contributed by atoms with van der Waals surface area (Å²) < 4.78 is 4.91. The average molecular weight is 215 g/mol. The van der Waals surface area contributed by atoms with Crippen LogP contribution in [0.3, 0.4) is 0 Å². The molecule has 5 heteroatoms. The SMILES string of the molecule is CCC(C(=N)C(=O)OC(C)(C)C)C(=O)O. The Hall–Kier alpha value is -1.39. The van der Waals surface area contributed by atoms with Crippen LogP contribution in [-0.2, 0) is 14.3 Å². The van der Waals surface area contributed by atoms with Gasteiger partial charge in [0, 0.05) is 0 Å². The van der Waals surface area contributed by atoms with E-state index in [-0.39, 0.29) is 6.42 Å².